The third kappa shape index (κ3) is 4.27. The molecule has 34 heavy (non-hydrogen) atoms. The number of thioether (sulfide) groups is 1. The van der Waals surface area contributed by atoms with E-state index in [9.17, 15) is 9.59 Å². The van der Waals surface area contributed by atoms with Crippen LogP contribution >= 0.6 is 11.8 Å². The minimum absolute atomic E-state index is 0.000362. The number of amides is 1. The van der Waals surface area contributed by atoms with Gasteiger partial charge in [-0.1, -0.05) is 36.7 Å². The highest BCUT2D eigenvalue weighted by atomic mass is 32.2. The fraction of sp³-hybridized carbons (Fsp3) is 0.423. The van der Waals surface area contributed by atoms with Gasteiger partial charge >= 0.3 is 0 Å². The molecule has 0 unspecified atom stereocenters. The van der Waals surface area contributed by atoms with Crippen molar-refractivity contribution >= 4 is 28.6 Å². The Morgan fingerprint density at radius 2 is 1.79 bits per heavy atom. The lowest BCUT2D eigenvalue weighted by molar-refractivity contribution is -0.129. The molecule has 1 amide bonds. The highest BCUT2D eigenvalue weighted by Crippen LogP contribution is 2.34. The summed E-state index contributed by atoms with van der Waals surface area (Å²) in [5.41, 5.74) is 2.94. The maximum Gasteiger partial charge on any atom is 0.262 e. The van der Waals surface area contributed by atoms with Gasteiger partial charge in [-0.15, -0.1) is 0 Å². The van der Waals surface area contributed by atoms with E-state index in [0.29, 0.717) is 40.6 Å². The molecule has 1 saturated carbocycles. The predicted molar refractivity (Wildman–Crippen MR) is 133 cm³/mol. The van der Waals surface area contributed by atoms with Crippen LogP contribution in [-0.2, 0) is 17.8 Å². The van der Waals surface area contributed by atoms with E-state index in [2.05, 4.69) is 0 Å². The summed E-state index contributed by atoms with van der Waals surface area (Å²) in [5, 5.41) is 1.29. The van der Waals surface area contributed by atoms with E-state index >= 15 is 0 Å². The minimum Gasteiger partial charge on any atom is -0.493 e. The lowest BCUT2D eigenvalue weighted by Gasteiger charge is -2.29. The number of hydrogen-bond acceptors (Lipinski definition) is 6. The van der Waals surface area contributed by atoms with Gasteiger partial charge in [-0.3, -0.25) is 14.2 Å². The first-order chi connectivity index (χ1) is 16.6. The van der Waals surface area contributed by atoms with Crippen molar-refractivity contribution in [1.82, 2.24) is 14.5 Å². The molecule has 8 heteroatoms. The van der Waals surface area contributed by atoms with E-state index in [1.54, 1.807) is 14.2 Å². The fourth-order valence-electron chi connectivity index (χ4n) is 5.03. The quantitative estimate of drug-likeness (QED) is 0.390. The normalized spacial score (nSPS) is 16.0. The number of nitrogens with zero attached hydrogens (tertiary/aromatic N) is 3. The molecule has 3 aromatic rings. The van der Waals surface area contributed by atoms with Gasteiger partial charge < -0.3 is 14.4 Å². The topological polar surface area (TPSA) is 73.7 Å². The van der Waals surface area contributed by atoms with Crippen molar-refractivity contribution in [3.63, 3.8) is 0 Å². The highest BCUT2D eigenvalue weighted by Gasteiger charge is 2.26. The van der Waals surface area contributed by atoms with Crippen molar-refractivity contribution in [3.05, 3.63) is 57.9 Å². The molecule has 0 saturated heterocycles. The van der Waals surface area contributed by atoms with Gasteiger partial charge in [0.05, 0.1) is 30.9 Å². The summed E-state index contributed by atoms with van der Waals surface area (Å²) in [7, 11) is 3.25. The summed E-state index contributed by atoms with van der Waals surface area (Å²) in [6.07, 6.45) is 4.97. The summed E-state index contributed by atoms with van der Waals surface area (Å²) < 4.78 is 12.7. The molecule has 0 spiro atoms. The zero-order valence-electron chi connectivity index (χ0n) is 19.6. The number of ether oxygens (including phenoxy) is 2. The number of methoxy groups -OCH3 is 2. The molecule has 0 bridgehead atoms. The van der Waals surface area contributed by atoms with E-state index in [4.69, 9.17) is 14.5 Å². The number of para-hydroxylation sites is 1. The van der Waals surface area contributed by atoms with Gasteiger partial charge in [0, 0.05) is 19.1 Å². The molecule has 0 N–H and O–H groups in total. The molecule has 0 radical (unpaired) electrons. The fourth-order valence-corrected chi connectivity index (χ4v) is 5.99. The second kappa shape index (κ2) is 9.70. The number of aromatic nitrogens is 2. The summed E-state index contributed by atoms with van der Waals surface area (Å²) >= 11 is 1.38. The Hall–Kier alpha value is -3.00. The van der Waals surface area contributed by atoms with Crippen LogP contribution in [0.5, 0.6) is 11.5 Å². The van der Waals surface area contributed by atoms with Crippen LogP contribution in [0.15, 0.2) is 46.3 Å². The first-order valence-corrected chi connectivity index (χ1v) is 12.7. The van der Waals surface area contributed by atoms with Crippen LogP contribution in [0.1, 0.15) is 42.9 Å². The number of hydrogen-bond donors (Lipinski definition) is 0. The molecule has 7 nitrogen and oxygen atoms in total. The summed E-state index contributed by atoms with van der Waals surface area (Å²) in [5.74, 6) is 1.68. The monoisotopic (exact) mass is 479 g/mol. The minimum atomic E-state index is 0.000362. The van der Waals surface area contributed by atoms with Crippen molar-refractivity contribution < 1.29 is 14.3 Å². The third-order valence-corrected chi connectivity index (χ3v) is 7.80. The Morgan fingerprint density at radius 3 is 2.53 bits per heavy atom. The van der Waals surface area contributed by atoms with E-state index in [0.717, 1.165) is 37.7 Å². The average molecular weight is 480 g/mol. The molecule has 5 rings (SSSR count). The molecule has 0 atom stereocenters. The van der Waals surface area contributed by atoms with Crippen LogP contribution in [0.4, 0.5) is 0 Å². The van der Waals surface area contributed by atoms with Crippen LogP contribution in [0.3, 0.4) is 0 Å². The van der Waals surface area contributed by atoms with Crippen LogP contribution in [0, 0.1) is 0 Å². The Balaban J connectivity index is 1.36. The zero-order valence-corrected chi connectivity index (χ0v) is 20.4. The van der Waals surface area contributed by atoms with Gasteiger partial charge in [0.25, 0.3) is 5.56 Å². The zero-order chi connectivity index (χ0) is 23.7. The molecule has 1 fully saturated rings. The van der Waals surface area contributed by atoms with Gasteiger partial charge in [0.1, 0.15) is 0 Å². The van der Waals surface area contributed by atoms with Gasteiger partial charge in [0.15, 0.2) is 16.7 Å². The van der Waals surface area contributed by atoms with E-state index in [-0.39, 0.29) is 23.3 Å². The maximum atomic E-state index is 13.3. The number of carbonyl (C=O) groups excluding carboxylic acids is 1. The number of benzene rings is 2. The van der Waals surface area contributed by atoms with Crippen molar-refractivity contribution in [1.29, 1.82) is 0 Å². The van der Waals surface area contributed by atoms with Crippen LogP contribution in [-0.4, -0.2) is 46.9 Å². The molecule has 2 aliphatic rings. The van der Waals surface area contributed by atoms with E-state index in [1.165, 1.54) is 17.3 Å². The summed E-state index contributed by atoms with van der Waals surface area (Å²) in [4.78, 5) is 33.2. The number of rotatable bonds is 6. The Kier molecular flexibility index (Phi) is 6.50. The van der Waals surface area contributed by atoms with Crippen molar-refractivity contribution in [2.45, 2.75) is 49.8 Å². The third-order valence-electron chi connectivity index (χ3n) is 6.86. The molecule has 1 aromatic heterocycles. The molecule has 1 aliphatic carbocycles. The lowest BCUT2D eigenvalue weighted by Crippen LogP contribution is -2.37. The van der Waals surface area contributed by atoms with Crippen molar-refractivity contribution in [2.24, 2.45) is 0 Å². The largest absolute Gasteiger partial charge is 0.493 e. The van der Waals surface area contributed by atoms with Crippen molar-refractivity contribution in [3.8, 4) is 11.5 Å². The van der Waals surface area contributed by atoms with Gasteiger partial charge in [0.2, 0.25) is 5.91 Å². The second-order valence-electron chi connectivity index (χ2n) is 8.85. The van der Waals surface area contributed by atoms with Gasteiger partial charge in [-0.25, -0.2) is 4.98 Å². The Labute approximate surface area is 203 Å². The second-order valence-corrected chi connectivity index (χ2v) is 9.80. The predicted octanol–water partition coefficient (Wildman–Crippen LogP) is 4.21. The molecular formula is C26H29N3O4S. The lowest BCUT2D eigenvalue weighted by atomic mass is 9.99. The standard InChI is InChI=1S/C26H29N3O4S/c1-32-22-13-17-11-12-28(15-18(17)14-23(22)33-2)24(30)16-34-26-27-21-10-6-5-9-20(21)25(31)29(26)19-7-3-4-8-19/h5-6,9-10,13-14,19H,3-4,7-8,11-12,15-16H2,1-2H3. The first-order valence-electron chi connectivity index (χ1n) is 11.7. The maximum absolute atomic E-state index is 13.3. The Morgan fingerprint density at radius 1 is 1.09 bits per heavy atom. The first kappa shape index (κ1) is 22.8. The average Bonchev–Trinajstić information content (AvgIpc) is 3.40. The molecule has 2 aromatic carbocycles. The van der Waals surface area contributed by atoms with Gasteiger partial charge in [-0.2, -0.15) is 0 Å². The summed E-state index contributed by atoms with van der Waals surface area (Å²) in [6, 6.07) is 11.6. The molecule has 2 heterocycles. The van der Waals surface area contributed by atoms with Crippen LogP contribution in [0.25, 0.3) is 10.9 Å². The van der Waals surface area contributed by atoms with Crippen LogP contribution < -0.4 is 15.0 Å². The molecule has 178 valence electrons. The summed E-state index contributed by atoms with van der Waals surface area (Å²) in [6.45, 7) is 1.19. The number of carbonyl (C=O) groups is 1. The van der Waals surface area contributed by atoms with Gasteiger partial charge in [-0.05, 0) is 54.7 Å². The van der Waals surface area contributed by atoms with Crippen molar-refractivity contribution in [2.75, 3.05) is 26.5 Å². The molecular weight excluding hydrogens is 450 g/mol. The smallest absolute Gasteiger partial charge is 0.262 e. The SMILES string of the molecule is COc1cc2c(cc1OC)CN(C(=O)CSc1nc3ccccc3c(=O)n1C1CCCC1)CC2. The van der Waals surface area contributed by atoms with E-state index < -0.39 is 0 Å². The van der Waals surface area contributed by atoms with Crippen LogP contribution in [0.2, 0.25) is 0 Å². The number of fused-ring (bicyclic) bond motifs is 2. The molecule has 1 aliphatic heterocycles. The highest BCUT2D eigenvalue weighted by molar-refractivity contribution is 7.99. The van der Waals surface area contributed by atoms with E-state index in [1.807, 2.05) is 45.9 Å². The Bertz CT molecular complexity index is 1280.